The summed E-state index contributed by atoms with van der Waals surface area (Å²) >= 11 is 0. The maximum Gasteiger partial charge on any atom is 0.262 e. The first-order valence-electron chi connectivity index (χ1n) is 12.8. The lowest BCUT2D eigenvalue weighted by atomic mass is 10.0. The van der Waals surface area contributed by atoms with Gasteiger partial charge in [-0.05, 0) is 47.7 Å². The molecule has 0 radical (unpaired) electrons. The molecular weight excluding hydrogens is 480 g/mol. The van der Waals surface area contributed by atoms with E-state index in [1.165, 1.54) is 12.1 Å². The van der Waals surface area contributed by atoms with E-state index >= 15 is 0 Å². The van der Waals surface area contributed by atoms with E-state index in [2.05, 4.69) is 5.32 Å². The quantitative estimate of drug-likeness (QED) is 0.509. The van der Waals surface area contributed by atoms with Crippen LogP contribution in [0.1, 0.15) is 52.4 Å². The fourth-order valence-electron chi connectivity index (χ4n) is 5.15. The van der Waals surface area contributed by atoms with Crippen LogP contribution in [-0.2, 0) is 24.5 Å². The first kappa shape index (κ1) is 25.2. The molecule has 1 fully saturated rings. The van der Waals surface area contributed by atoms with Gasteiger partial charge in [-0.15, -0.1) is 0 Å². The Morgan fingerprint density at radius 3 is 2.53 bits per heavy atom. The molecular formula is C30H30N4O4. The van der Waals surface area contributed by atoms with Crippen LogP contribution in [0.25, 0.3) is 0 Å². The van der Waals surface area contributed by atoms with Crippen LogP contribution < -0.4 is 10.1 Å². The number of amides is 2. The zero-order valence-electron chi connectivity index (χ0n) is 21.3. The maximum atomic E-state index is 13.7. The molecule has 0 saturated carbocycles. The fourth-order valence-corrected chi connectivity index (χ4v) is 5.15. The molecule has 194 valence electrons. The van der Waals surface area contributed by atoms with E-state index < -0.39 is 0 Å². The third-order valence-electron chi connectivity index (χ3n) is 7.23. The zero-order chi connectivity index (χ0) is 26.6. The van der Waals surface area contributed by atoms with E-state index in [0.29, 0.717) is 13.1 Å². The summed E-state index contributed by atoms with van der Waals surface area (Å²) in [5, 5.41) is 23.8. The minimum Gasteiger partial charge on any atom is -0.507 e. The number of nitrogens with one attached hydrogen (secondary N) is 1. The summed E-state index contributed by atoms with van der Waals surface area (Å²) in [7, 11) is 0. The molecule has 2 amide bonds. The number of carbonyl (C=O) groups excluding carboxylic acids is 2. The number of likely N-dealkylation sites (tertiary alicyclic amines) is 1. The van der Waals surface area contributed by atoms with Crippen LogP contribution >= 0.6 is 0 Å². The number of carbonyl (C=O) groups is 2. The molecule has 1 saturated heterocycles. The first-order valence-corrected chi connectivity index (χ1v) is 12.8. The third-order valence-corrected chi connectivity index (χ3v) is 7.23. The van der Waals surface area contributed by atoms with Gasteiger partial charge >= 0.3 is 0 Å². The average Bonchev–Trinajstić information content (AvgIpc) is 3.38. The van der Waals surface area contributed by atoms with Gasteiger partial charge in [0.05, 0.1) is 11.6 Å². The number of nitriles is 1. The summed E-state index contributed by atoms with van der Waals surface area (Å²) in [6.45, 7) is 4.07. The fraction of sp³-hybridized carbons (Fsp3) is 0.300. The summed E-state index contributed by atoms with van der Waals surface area (Å²) in [5.41, 5.74) is 4.27. The molecule has 38 heavy (non-hydrogen) atoms. The molecule has 2 aliphatic heterocycles. The molecule has 3 aromatic rings. The predicted molar refractivity (Wildman–Crippen MR) is 143 cm³/mol. The SMILES string of the molecule is CC(=O)N1CCC(Nc2cccc3c2CN(C(=O)c2c(O)cc(C#N)cc2OCc2ccccc2)C3)CC1. The van der Waals surface area contributed by atoms with E-state index in [0.717, 1.165) is 48.3 Å². The van der Waals surface area contributed by atoms with Gasteiger partial charge in [0, 0.05) is 44.8 Å². The maximum absolute atomic E-state index is 13.7. The van der Waals surface area contributed by atoms with Gasteiger partial charge in [0.25, 0.3) is 5.91 Å². The van der Waals surface area contributed by atoms with E-state index in [-0.39, 0.29) is 47.1 Å². The van der Waals surface area contributed by atoms with E-state index in [1.54, 1.807) is 11.8 Å². The van der Waals surface area contributed by atoms with Crippen molar-refractivity contribution in [3.63, 3.8) is 0 Å². The van der Waals surface area contributed by atoms with Gasteiger partial charge in [-0.1, -0.05) is 42.5 Å². The molecule has 0 atom stereocenters. The molecule has 8 heteroatoms. The van der Waals surface area contributed by atoms with Crippen molar-refractivity contribution >= 4 is 17.5 Å². The van der Waals surface area contributed by atoms with Crippen molar-refractivity contribution in [1.29, 1.82) is 5.26 Å². The van der Waals surface area contributed by atoms with Crippen molar-refractivity contribution in [2.45, 2.75) is 45.5 Å². The predicted octanol–water partition coefficient (Wildman–Crippen LogP) is 4.42. The second kappa shape index (κ2) is 10.9. The number of phenols is 1. The zero-order valence-corrected chi connectivity index (χ0v) is 21.3. The minimum absolute atomic E-state index is 0.0545. The van der Waals surface area contributed by atoms with Gasteiger partial charge in [0.15, 0.2) is 0 Å². The van der Waals surface area contributed by atoms with Crippen LogP contribution in [0.5, 0.6) is 11.5 Å². The molecule has 0 aliphatic carbocycles. The summed E-state index contributed by atoms with van der Waals surface area (Å²) < 4.78 is 5.96. The molecule has 5 rings (SSSR count). The van der Waals surface area contributed by atoms with Crippen molar-refractivity contribution in [3.05, 3.63) is 88.5 Å². The molecule has 3 aromatic carbocycles. The van der Waals surface area contributed by atoms with Crippen LogP contribution in [0, 0.1) is 11.3 Å². The monoisotopic (exact) mass is 510 g/mol. The highest BCUT2D eigenvalue weighted by molar-refractivity contribution is 6.00. The molecule has 0 bridgehead atoms. The summed E-state index contributed by atoms with van der Waals surface area (Å²) in [6, 6.07) is 20.6. The number of hydrogen-bond acceptors (Lipinski definition) is 6. The second-order valence-electron chi connectivity index (χ2n) is 9.78. The van der Waals surface area contributed by atoms with Gasteiger partial charge in [-0.3, -0.25) is 9.59 Å². The number of anilines is 1. The number of rotatable bonds is 6. The molecule has 0 aromatic heterocycles. The van der Waals surface area contributed by atoms with Crippen molar-refractivity contribution in [2.24, 2.45) is 0 Å². The Morgan fingerprint density at radius 1 is 1.05 bits per heavy atom. The van der Waals surface area contributed by atoms with Gasteiger partial charge in [-0.25, -0.2) is 0 Å². The highest BCUT2D eigenvalue weighted by Gasteiger charge is 2.31. The lowest BCUT2D eigenvalue weighted by Crippen LogP contribution is -2.41. The summed E-state index contributed by atoms with van der Waals surface area (Å²) in [5.74, 6) is -0.339. The van der Waals surface area contributed by atoms with E-state index in [4.69, 9.17) is 4.74 Å². The van der Waals surface area contributed by atoms with E-state index in [9.17, 15) is 20.0 Å². The number of ether oxygens (including phenoxy) is 1. The minimum atomic E-state index is -0.355. The number of nitrogens with zero attached hydrogens (tertiary/aromatic N) is 3. The Morgan fingerprint density at radius 2 is 1.82 bits per heavy atom. The number of phenolic OH excluding ortho intramolecular Hbond substituents is 1. The highest BCUT2D eigenvalue weighted by atomic mass is 16.5. The number of aromatic hydroxyl groups is 1. The third kappa shape index (κ3) is 5.28. The van der Waals surface area contributed by atoms with Gasteiger partial charge in [-0.2, -0.15) is 5.26 Å². The number of hydrogen-bond donors (Lipinski definition) is 2. The van der Waals surface area contributed by atoms with Gasteiger partial charge in [0.2, 0.25) is 5.91 Å². The van der Waals surface area contributed by atoms with Crippen molar-refractivity contribution in [3.8, 4) is 17.6 Å². The largest absolute Gasteiger partial charge is 0.507 e. The topological polar surface area (TPSA) is 106 Å². The Balaban J connectivity index is 1.34. The molecule has 0 unspecified atom stereocenters. The van der Waals surface area contributed by atoms with Crippen LogP contribution in [0.15, 0.2) is 60.7 Å². The van der Waals surface area contributed by atoms with Gasteiger partial charge in [0.1, 0.15) is 23.7 Å². The lowest BCUT2D eigenvalue weighted by Gasteiger charge is -2.32. The molecule has 2 heterocycles. The van der Waals surface area contributed by atoms with Crippen LogP contribution in [0.3, 0.4) is 0 Å². The lowest BCUT2D eigenvalue weighted by molar-refractivity contribution is -0.129. The Bertz CT molecular complexity index is 1390. The van der Waals surface area contributed by atoms with Gasteiger partial charge < -0.3 is 25.0 Å². The first-order chi connectivity index (χ1) is 18.4. The van der Waals surface area contributed by atoms with E-state index in [1.807, 2.05) is 59.5 Å². The Hall–Kier alpha value is -4.51. The summed E-state index contributed by atoms with van der Waals surface area (Å²) in [6.07, 6.45) is 1.74. The standard InChI is InChI=1S/C30H30N4O4/c1-20(35)33-12-10-24(11-13-33)32-26-9-5-8-23-17-34(18-25(23)26)30(37)29-27(36)14-22(16-31)15-28(29)38-19-21-6-3-2-4-7-21/h2-9,14-15,24,32,36H,10-13,17-19H2,1H3. The normalized spacial score (nSPS) is 15.1. The number of fused-ring (bicyclic) bond motifs is 1. The highest BCUT2D eigenvalue weighted by Crippen LogP contribution is 2.36. The van der Waals surface area contributed by atoms with Crippen molar-refractivity contribution < 1.29 is 19.4 Å². The number of benzene rings is 3. The average molecular weight is 511 g/mol. The van der Waals surface area contributed by atoms with Crippen molar-refractivity contribution in [1.82, 2.24) is 9.80 Å². The second-order valence-corrected chi connectivity index (χ2v) is 9.78. The molecule has 0 spiro atoms. The Kier molecular flexibility index (Phi) is 7.18. The molecule has 2 aliphatic rings. The van der Waals surface area contributed by atoms with Crippen LogP contribution in [0.4, 0.5) is 5.69 Å². The summed E-state index contributed by atoms with van der Waals surface area (Å²) in [4.78, 5) is 28.9. The van der Waals surface area contributed by atoms with Crippen molar-refractivity contribution in [2.75, 3.05) is 18.4 Å². The molecule has 2 N–H and O–H groups in total. The van der Waals surface area contributed by atoms with Crippen LogP contribution in [0.2, 0.25) is 0 Å². The Labute approximate surface area is 222 Å². The number of piperidine rings is 1. The molecule has 8 nitrogen and oxygen atoms in total. The smallest absolute Gasteiger partial charge is 0.262 e. The van der Waals surface area contributed by atoms with Crippen LogP contribution in [-0.4, -0.2) is 45.9 Å².